The van der Waals surface area contributed by atoms with Gasteiger partial charge in [-0.1, -0.05) is 6.08 Å². The molecule has 15 heavy (non-hydrogen) atoms. The van der Waals surface area contributed by atoms with Crippen LogP contribution in [0, 0.1) is 5.82 Å². The maximum Gasteiger partial charge on any atom is 0.217 e. The third-order valence-corrected chi connectivity index (χ3v) is 1.89. The van der Waals surface area contributed by atoms with Gasteiger partial charge in [0, 0.05) is 6.20 Å². The summed E-state index contributed by atoms with van der Waals surface area (Å²) in [4.78, 5) is 26.3. The van der Waals surface area contributed by atoms with Crippen molar-refractivity contribution in [1.82, 2.24) is 4.98 Å². The Hall–Kier alpha value is -1.84. The Labute approximate surface area is 86.6 Å². The van der Waals surface area contributed by atoms with Crippen LogP contribution in [0.4, 0.5) is 4.39 Å². The van der Waals surface area contributed by atoms with Crippen LogP contribution in [0.3, 0.4) is 0 Å². The molecule has 0 aromatic carbocycles. The number of ketones is 2. The van der Waals surface area contributed by atoms with Gasteiger partial charge in [-0.15, -0.1) is 0 Å². The van der Waals surface area contributed by atoms with Crippen LogP contribution >= 0.6 is 0 Å². The van der Waals surface area contributed by atoms with Gasteiger partial charge in [0.2, 0.25) is 5.78 Å². The van der Waals surface area contributed by atoms with E-state index < -0.39 is 17.4 Å². The monoisotopic (exact) mass is 207 g/mol. The molecule has 1 rings (SSSR count). The first-order chi connectivity index (χ1) is 7.07. The number of carbonyl (C=O) groups excluding carboxylic acids is 2. The maximum absolute atomic E-state index is 13.2. The van der Waals surface area contributed by atoms with Crippen LogP contribution < -0.4 is 0 Å². The summed E-state index contributed by atoms with van der Waals surface area (Å²) in [6, 6.07) is 2.52. The summed E-state index contributed by atoms with van der Waals surface area (Å²) in [6.07, 6.45) is 2.67. The molecule has 0 N–H and O–H groups in total. The molecule has 0 spiro atoms. The second kappa shape index (κ2) is 4.59. The fourth-order valence-electron chi connectivity index (χ4n) is 1.17. The van der Waals surface area contributed by atoms with Gasteiger partial charge in [0.05, 0.1) is 5.57 Å². The summed E-state index contributed by atoms with van der Waals surface area (Å²) in [6.45, 7) is 2.81. The number of hydrogen-bond donors (Lipinski definition) is 0. The maximum atomic E-state index is 13.2. The highest BCUT2D eigenvalue weighted by Crippen LogP contribution is 2.10. The van der Waals surface area contributed by atoms with Crippen molar-refractivity contribution in [2.75, 3.05) is 0 Å². The van der Waals surface area contributed by atoms with E-state index in [9.17, 15) is 14.0 Å². The van der Waals surface area contributed by atoms with E-state index >= 15 is 0 Å². The number of pyridine rings is 1. The molecule has 0 atom stereocenters. The molecular weight excluding hydrogens is 197 g/mol. The normalized spacial score (nSPS) is 11.3. The number of nitrogens with zero attached hydrogens (tertiary/aromatic N) is 1. The molecule has 4 heteroatoms. The molecule has 0 amide bonds. The van der Waals surface area contributed by atoms with Gasteiger partial charge in [-0.3, -0.25) is 9.59 Å². The lowest BCUT2D eigenvalue weighted by Crippen LogP contribution is -2.13. The number of halogens is 1. The van der Waals surface area contributed by atoms with Crippen molar-refractivity contribution in [1.29, 1.82) is 0 Å². The molecule has 1 aromatic heterocycles. The van der Waals surface area contributed by atoms with Gasteiger partial charge in [-0.05, 0) is 26.0 Å². The van der Waals surface area contributed by atoms with Crippen LogP contribution in [0.15, 0.2) is 30.0 Å². The quantitative estimate of drug-likeness (QED) is 0.329. The first-order valence-corrected chi connectivity index (χ1v) is 4.40. The highest BCUT2D eigenvalue weighted by molar-refractivity contribution is 6.25. The zero-order valence-electron chi connectivity index (χ0n) is 8.45. The Balaban J connectivity index is 3.16. The van der Waals surface area contributed by atoms with Crippen LogP contribution in [-0.2, 0) is 4.79 Å². The topological polar surface area (TPSA) is 47.0 Å². The van der Waals surface area contributed by atoms with Crippen LogP contribution in [0.2, 0.25) is 0 Å². The van der Waals surface area contributed by atoms with Crippen molar-refractivity contribution in [3.63, 3.8) is 0 Å². The molecule has 0 saturated carbocycles. The molecule has 0 bridgehead atoms. The predicted octanol–water partition coefficient (Wildman–Crippen LogP) is 1.94. The average Bonchev–Trinajstić information content (AvgIpc) is 2.18. The summed E-state index contributed by atoms with van der Waals surface area (Å²) < 4.78 is 13.2. The van der Waals surface area contributed by atoms with Crippen molar-refractivity contribution in [2.45, 2.75) is 13.8 Å². The SMILES string of the molecule is CC=C(C(C)=O)C(=O)c1ncccc1F. The van der Waals surface area contributed by atoms with E-state index in [1.165, 1.54) is 25.3 Å². The second-order valence-electron chi connectivity index (χ2n) is 2.92. The molecule has 0 unspecified atom stereocenters. The van der Waals surface area contributed by atoms with E-state index in [1.54, 1.807) is 6.92 Å². The number of allylic oxidation sites excluding steroid dienone is 2. The molecule has 0 fully saturated rings. The fraction of sp³-hybridized carbons (Fsp3) is 0.182. The Morgan fingerprint density at radius 2 is 2.13 bits per heavy atom. The molecular formula is C11H10FNO2. The van der Waals surface area contributed by atoms with E-state index in [2.05, 4.69) is 4.98 Å². The lowest BCUT2D eigenvalue weighted by molar-refractivity contribution is -0.113. The lowest BCUT2D eigenvalue weighted by Gasteiger charge is -2.02. The molecule has 3 nitrogen and oxygen atoms in total. The smallest absolute Gasteiger partial charge is 0.217 e. The van der Waals surface area contributed by atoms with Gasteiger partial charge < -0.3 is 0 Å². The molecule has 0 aliphatic heterocycles. The first-order valence-electron chi connectivity index (χ1n) is 4.40. The summed E-state index contributed by atoms with van der Waals surface area (Å²) in [7, 11) is 0. The minimum Gasteiger partial charge on any atom is -0.294 e. The highest BCUT2D eigenvalue weighted by atomic mass is 19.1. The molecule has 0 aliphatic carbocycles. The zero-order chi connectivity index (χ0) is 11.4. The van der Waals surface area contributed by atoms with Gasteiger partial charge in [0.25, 0.3) is 0 Å². The van der Waals surface area contributed by atoms with Crippen molar-refractivity contribution in [3.8, 4) is 0 Å². The second-order valence-corrected chi connectivity index (χ2v) is 2.92. The van der Waals surface area contributed by atoms with E-state index in [-0.39, 0.29) is 11.3 Å². The molecule has 1 heterocycles. The Morgan fingerprint density at radius 1 is 1.47 bits per heavy atom. The van der Waals surface area contributed by atoms with Crippen molar-refractivity contribution >= 4 is 11.6 Å². The van der Waals surface area contributed by atoms with E-state index in [1.807, 2.05) is 0 Å². The average molecular weight is 207 g/mol. The molecule has 0 aliphatic rings. The number of rotatable bonds is 3. The zero-order valence-corrected chi connectivity index (χ0v) is 8.45. The third kappa shape index (κ3) is 2.34. The molecule has 0 radical (unpaired) electrons. The summed E-state index contributed by atoms with van der Waals surface area (Å²) in [5, 5.41) is 0. The third-order valence-electron chi connectivity index (χ3n) is 1.89. The van der Waals surface area contributed by atoms with Crippen molar-refractivity contribution in [2.24, 2.45) is 0 Å². The Morgan fingerprint density at radius 3 is 2.60 bits per heavy atom. The minimum absolute atomic E-state index is 0.0485. The summed E-state index contributed by atoms with van der Waals surface area (Å²) in [5.41, 5.74) is -0.367. The molecule has 0 saturated heterocycles. The first kappa shape index (κ1) is 11.2. The number of aromatic nitrogens is 1. The van der Waals surface area contributed by atoms with Crippen LogP contribution in [0.25, 0.3) is 0 Å². The predicted molar refractivity (Wildman–Crippen MR) is 53.0 cm³/mol. The standard InChI is InChI=1S/C11H10FNO2/c1-3-8(7(2)14)11(15)10-9(12)5-4-6-13-10/h3-6H,1-2H3. The van der Waals surface area contributed by atoms with Gasteiger partial charge in [-0.2, -0.15) is 0 Å². The van der Waals surface area contributed by atoms with Crippen LogP contribution in [0.1, 0.15) is 24.3 Å². The van der Waals surface area contributed by atoms with Gasteiger partial charge in [0.1, 0.15) is 5.69 Å². The molecule has 78 valence electrons. The number of carbonyl (C=O) groups is 2. The van der Waals surface area contributed by atoms with Crippen molar-refractivity contribution < 1.29 is 14.0 Å². The minimum atomic E-state index is -0.719. The largest absolute Gasteiger partial charge is 0.294 e. The van der Waals surface area contributed by atoms with E-state index in [0.717, 1.165) is 6.07 Å². The van der Waals surface area contributed by atoms with Gasteiger partial charge in [0.15, 0.2) is 11.6 Å². The summed E-state index contributed by atoms with van der Waals surface area (Å²) >= 11 is 0. The number of hydrogen-bond acceptors (Lipinski definition) is 3. The summed E-state index contributed by atoms with van der Waals surface area (Å²) in [5.74, 6) is -1.79. The fourth-order valence-corrected chi connectivity index (χ4v) is 1.17. The van der Waals surface area contributed by atoms with Crippen LogP contribution in [0.5, 0.6) is 0 Å². The molecule has 1 aromatic rings. The van der Waals surface area contributed by atoms with Crippen LogP contribution in [-0.4, -0.2) is 16.6 Å². The van der Waals surface area contributed by atoms with Crippen molar-refractivity contribution in [3.05, 3.63) is 41.5 Å². The lowest BCUT2D eigenvalue weighted by atomic mass is 10.0. The number of Topliss-reactive ketones (excluding diaryl/α,β-unsaturated/α-hetero) is 2. The van der Waals surface area contributed by atoms with E-state index in [0.29, 0.717) is 0 Å². The Kier molecular flexibility index (Phi) is 3.44. The van der Waals surface area contributed by atoms with E-state index in [4.69, 9.17) is 0 Å². The highest BCUT2D eigenvalue weighted by Gasteiger charge is 2.19. The van der Waals surface area contributed by atoms with Gasteiger partial charge in [-0.25, -0.2) is 9.37 Å². The Bertz CT molecular complexity index is 438. The van der Waals surface area contributed by atoms with Gasteiger partial charge >= 0.3 is 0 Å².